The van der Waals surface area contributed by atoms with Gasteiger partial charge in [0.05, 0.1) is 7.11 Å². The van der Waals surface area contributed by atoms with Crippen molar-refractivity contribution in [3.8, 4) is 17.2 Å². The summed E-state index contributed by atoms with van der Waals surface area (Å²) in [5.74, 6) is 1.02. The van der Waals surface area contributed by atoms with E-state index in [9.17, 15) is 4.79 Å². The molecule has 0 unspecified atom stereocenters. The minimum absolute atomic E-state index is 0.0981. The number of fused-ring (bicyclic) bond motifs is 1. The van der Waals surface area contributed by atoms with Crippen LogP contribution in [-0.4, -0.2) is 19.7 Å². The average molecular weight is 467 g/mol. The van der Waals surface area contributed by atoms with Crippen LogP contribution >= 0.6 is 0 Å². The molecular weight excluding hydrogens is 436 g/mol. The van der Waals surface area contributed by atoms with Crippen LogP contribution in [0, 0.1) is 0 Å². The van der Waals surface area contributed by atoms with Gasteiger partial charge in [-0.3, -0.25) is 0 Å². The van der Waals surface area contributed by atoms with E-state index < -0.39 is 5.97 Å². The van der Waals surface area contributed by atoms with Crippen molar-refractivity contribution in [2.24, 2.45) is 0 Å². The standard InChI is InChI=1S/C31H30O4/c1-31(2,3)26-14-7-8-15-27(26)34-21-30(32)35-28-19-17-22(20-29(28)33-4)16-18-24-12-9-11-23-10-5-6-13-25(23)24/h5-20H,21H2,1-4H3. The number of esters is 1. The maximum Gasteiger partial charge on any atom is 0.349 e. The van der Waals surface area contributed by atoms with Crippen LogP contribution in [-0.2, 0) is 10.2 Å². The third-order valence-corrected chi connectivity index (χ3v) is 5.73. The molecule has 35 heavy (non-hydrogen) atoms. The van der Waals surface area contributed by atoms with Crippen molar-refractivity contribution < 1.29 is 19.0 Å². The van der Waals surface area contributed by atoms with Crippen LogP contribution in [0.5, 0.6) is 17.2 Å². The quantitative estimate of drug-likeness (QED) is 0.163. The van der Waals surface area contributed by atoms with E-state index in [1.54, 1.807) is 13.2 Å². The Kier molecular flexibility index (Phi) is 7.21. The largest absolute Gasteiger partial charge is 0.493 e. The van der Waals surface area contributed by atoms with Crippen LogP contribution in [0.15, 0.2) is 84.9 Å². The second-order valence-corrected chi connectivity index (χ2v) is 9.32. The van der Waals surface area contributed by atoms with E-state index in [0.717, 1.165) is 16.7 Å². The first-order chi connectivity index (χ1) is 16.8. The lowest BCUT2D eigenvalue weighted by Gasteiger charge is -2.22. The Bertz CT molecular complexity index is 1360. The zero-order chi connectivity index (χ0) is 24.8. The molecule has 4 aromatic rings. The van der Waals surface area contributed by atoms with Crippen molar-refractivity contribution in [1.29, 1.82) is 0 Å². The van der Waals surface area contributed by atoms with Gasteiger partial charge in [0.2, 0.25) is 0 Å². The number of carbonyl (C=O) groups excluding carboxylic acids is 1. The number of rotatable bonds is 7. The summed E-state index contributed by atoms with van der Waals surface area (Å²) in [6.07, 6.45) is 4.09. The number of para-hydroxylation sites is 1. The lowest BCUT2D eigenvalue weighted by atomic mass is 9.86. The summed E-state index contributed by atoms with van der Waals surface area (Å²) in [6.45, 7) is 6.12. The van der Waals surface area contributed by atoms with Crippen LogP contribution in [0.2, 0.25) is 0 Å². The third kappa shape index (κ3) is 5.90. The van der Waals surface area contributed by atoms with Crippen LogP contribution in [0.4, 0.5) is 0 Å². The first-order valence-electron chi connectivity index (χ1n) is 11.6. The fourth-order valence-corrected chi connectivity index (χ4v) is 3.95. The molecule has 4 rings (SSSR count). The summed E-state index contributed by atoms with van der Waals surface area (Å²) >= 11 is 0. The molecule has 0 fully saturated rings. The van der Waals surface area contributed by atoms with Gasteiger partial charge in [-0.15, -0.1) is 0 Å². The van der Waals surface area contributed by atoms with Crippen LogP contribution in [0.1, 0.15) is 37.5 Å². The third-order valence-electron chi connectivity index (χ3n) is 5.73. The molecule has 0 spiro atoms. The van der Waals surface area contributed by atoms with E-state index in [4.69, 9.17) is 14.2 Å². The van der Waals surface area contributed by atoms with E-state index >= 15 is 0 Å². The van der Waals surface area contributed by atoms with E-state index in [-0.39, 0.29) is 12.0 Å². The van der Waals surface area contributed by atoms with E-state index in [0.29, 0.717) is 17.2 Å². The smallest absolute Gasteiger partial charge is 0.349 e. The van der Waals surface area contributed by atoms with Crippen molar-refractivity contribution in [3.63, 3.8) is 0 Å². The van der Waals surface area contributed by atoms with Crippen molar-refractivity contribution in [2.75, 3.05) is 13.7 Å². The topological polar surface area (TPSA) is 44.8 Å². The van der Waals surface area contributed by atoms with Crippen LogP contribution in [0.25, 0.3) is 22.9 Å². The highest BCUT2D eigenvalue weighted by atomic mass is 16.6. The summed E-state index contributed by atoms with van der Waals surface area (Å²) in [6, 6.07) is 27.7. The molecule has 0 atom stereocenters. The van der Waals surface area contributed by atoms with Gasteiger partial charge in [-0.2, -0.15) is 0 Å². The molecule has 0 saturated heterocycles. The summed E-state index contributed by atoms with van der Waals surface area (Å²) in [4.78, 5) is 12.5. The summed E-state index contributed by atoms with van der Waals surface area (Å²) < 4.78 is 16.8. The van der Waals surface area contributed by atoms with Crippen molar-refractivity contribution in [3.05, 3.63) is 102 Å². The highest BCUT2D eigenvalue weighted by Crippen LogP contribution is 2.32. The molecule has 0 aliphatic carbocycles. The van der Waals surface area contributed by atoms with Crippen molar-refractivity contribution >= 4 is 28.9 Å². The van der Waals surface area contributed by atoms with Gasteiger partial charge in [-0.05, 0) is 51.1 Å². The van der Waals surface area contributed by atoms with Gasteiger partial charge in [-0.25, -0.2) is 4.79 Å². The van der Waals surface area contributed by atoms with Crippen LogP contribution < -0.4 is 14.2 Å². The molecule has 0 saturated carbocycles. The Labute approximate surface area is 206 Å². The normalized spacial score (nSPS) is 11.5. The van der Waals surface area contributed by atoms with E-state index in [1.165, 1.54) is 10.8 Å². The molecule has 0 aliphatic rings. The number of hydrogen-bond donors (Lipinski definition) is 0. The zero-order valence-corrected chi connectivity index (χ0v) is 20.6. The summed E-state index contributed by atoms with van der Waals surface area (Å²) in [5.41, 5.74) is 3.00. The Hall–Kier alpha value is -4.05. The summed E-state index contributed by atoms with van der Waals surface area (Å²) in [7, 11) is 1.56. The molecule has 0 aliphatic heterocycles. The van der Waals surface area contributed by atoms with Gasteiger partial charge in [0.25, 0.3) is 0 Å². The van der Waals surface area contributed by atoms with Gasteiger partial charge >= 0.3 is 5.97 Å². The number of methoxy groups -OCH3 is 1. The molecule has 4 heteroatoms. The monoisotopic (exact) mass is 466 g/mol. The lowest BCUT2D eigenvalue weighted by Crippen LogP contribution is -2.20. The fraction of sp³-hybridized carbons (Fsp3) is 0.194. The zero-order valence-electron chi connectivity index (χ0n) is 20.6. The Morgan fingerprint density at radius 2 is 1.54 bits per heavy atom. The Morgan fingerprint density at radius 3 is 2.34 bits per heavy atom. The number of benzene rings is 4. The molecule has 0 amide bonds. The first kappa shape index (κ1) is 24.1. The predicted octanol–water partition coefficient (Wildman–Crippen LogP) is 7.30. The van der Waals surface area contributed by atoms with Crippen molar-refractivity contribution in [2.45, 2.75) is 26.2 Å². The second-order valence-electron chi connectivity index (χ2n) is 9.32. The molecule has 0 aromatic heterocycles. The summed E-state index contributed by atoms with van der Waals surface area (Å²) in [5, 5.41) is 2.39. The Morgan fingerprint density at radius 1 is 0.800 bits per heavy atom. The van der Waals surface area contributed by atoms with E-state index in [2.05, 4.69) is 51.1 Å². The highest BCUT2D eigenvalue weighted by molar-refractivity contribution is 5.92. The maximum atomic E-state index is 12.5. The molecule has 4 nitrogen and oxygen atoms in total. The molecule has 0 bridgehead atoms. The fourth-order valence-electron chi connectivity index (χ4n) is 3.95. The van der Waals surface area contributed by atoms with Crippen LogP contribution in [0.3, 0.4) is 0 Å². The maximum absolute atomic E-state index is 12.5. The van der Waals surface area contributed by atoms with Gasteiger partial charge in [0.1, 0.15) is 5.75 Å². The minimum Gasteiger partial charge on any atom is -0.493 e. The highest BCUT2D eigenvalue weighted by Gasteiger charge is 2.19. The molecule has 0 N–H and O–H groups in total. The SMILES string of the molecule is COc1cc(C=Cc2cccc3ccccc23)ccc1OC(=O)COc1ccccc1C(C)(C)C. The predicted molar refractivity (Wildman–Crippen MR) is 142 cm³/mol. The second kappa shape index (κ2) is 10.5. The number of hydrogen-bond acceptors (Lipinski definition) is 4. The average Bonchev–Trinajstić information content (AvgIpc) is 2.86. The van der Waals surface area contributed by atoms with E-state index in [1.807, 2.05) is 60.7 Å². The number of ether oxygens (including phenoxy) is 3. The van der Waals surface area contributed by atoms with Gasteiger partial charge in [0.15, 0.2) is 18.1 Å². The van der Waals surface area contributed by atoms with Crippen molar-refractivity contribution in [1.82, 2.24) is 0 Å². The van der Waals surface area contributed by atoms with Gasteiger partial charge in [-0.1, -0.05) is 99.7 Å². The first-order valence-corrected chi connectivity index (χ1v) is 11.6. The molecule has 178 valence electrons. The van der Waals surface area contributed by atoms with Gasteiger partial charge < -0.3 is 14.2 Å². The molecular formula is C31H30O4. The number of carbonyl (C=O) groups is 1. The van der Waals surface area contributed by atoms with Gasteiger partial charge in [0, 0.05) is 0 Å². The molecule has 0 radical (unpaired) electrons. The lowest BCUT2D eigenvalue weighted by molar-refractivity contribution is -0.136. The molecule has 4 aromatic carbocycles. The molecule has 0 heterocycles. The minimum atomic E-state index is -0.494. The Balaban J connectivity index is 1.45.